The third-order valence-electron chi connectivity index (χ3n) is 5.03. The Balaban J connectivity index is 2.11. The van der Waals surface area contributed by atoms with Gasteiger partial charge in [-0.15, -0.1) is 0 Å². The van der Waals surface area contributed by atoms with Crippen LogP contribution in [0.1, 0.15) is 10.5 Å². The first kappa shape index (κ1) is 20.6. The summed E-state index contributed by atoms with van der Waals surface area (Å²) in [6, 6.07) is 8.56. The second kappa shape index (κ2) is 7.57. The first-order valence-corrected chi connectivity index (χ1v) is 11.4. The fourth-order valence-electron chi connectivity index (χ4n) is 3.71. The maximum Gasteiger partial charge on any atom is 0.355 e. The minimum Gasteiger partial charge on any atom is -0.476 e. The number of halogens is 2. The summed E-state index contributed by atoms with van der Waals surface area (Å²) >= 11 is 6.30. The first-order chi connectivity index (χ1) is 14.2. The highest BCUT2D eigenvalue weighted by Crippen LogP contribution is 2.42. The number of fused-ring (bicyclic) bond motifs is 1. The van der Waals surface area contributed by atoms with E-state index in [2.05, 4.69) is 0 Å². The Kier molecular flexibility index (Phi) is 5.21. The summed E-state index contributed by atoms with van der Waals surface area (Å²) in [7, 11) is -3.52. The number of sulfone groups is 1. The van der Waals surface area contributed by atoms with Crippen molar-refractivity contribution in [2.75, 3.05) is 37.5 Å². The molecular formula is C20H18ClFN2O5S. The number of anilines is 1. The Morgan fingerprint density at radius 1 is 1.20 bits per heavy atom. The lowest BCUT2D eigenvalue weighted by Gasteiger charge is -2.29. The van der Waals surface area contributed by atoms with E-state index in [4.69, 9.17) is 16.3 Å². The van der Waals surface area contributed by atoms with Crippen LogP contribution in [0.5, 0.6) is 0 Å². The Hall–Kier alpha value is -2.62. The van der Waals surface area contributed by atoms with Gasteiger partial charge < -0.3 is 19.3 Å². The molecule has 158 valence electrons. The van der Waals surface area contributed by atoms with Crippen molar-refractivity contribution < 1.29 is 27.4 Å². The molecule has 0 aliphatic carbocycles. The molecule has 1 saturated heterocycles. The highest BCUT2D eigenvalue weighted by Gasteiger charge is 2.30. The minimum atomic E-state index is -3.52. The van der Waals surface area contributed by atoms with E-state index in [9.17, 15) is 22.7 Å². The van der Waals surface area contributed by atoms with Gasteiger partial charge in [-0.3, -0.25) is 0 Å². The predicted molar refractivity (Wildman–Crippen MR) is 111 cm³/mol. The minimum absolute atomic E-state index is 0.0410. The van der Waals surface area contributed by atoms with Crippen molar-refractivity contribution in [1.29, 1.82) is 0 Å². The van der Waals surface area contributed by atoms with Crippen LogP contribution in [0.4, 0.5) is 10.1 Å². The molecule has 2 aromatic carbocycles. The van der Waals surface area contributed by atoms with Gasteiger partial charge in [-0.25, -0.2) is 17.6 Å². The molecule has 1 aliphatic heterocycles. The van der Waals surface area contributed by atoms with Gasteiger partial charge >= 0.3 is 5.97 Å². The molecule has 10 heteroatoms. The predicted octanol–water partition coefficient (Wildman–Crippen LogP) is 3.36. The summed E-state index contributed by atoms with van der Waals surface area (Å²) in [6.45, 7) is 1.61. The lowest BCUT2D eigenvalue weighted by Crippen LogP contribution is -2.37. The van der Waals surface area contributed by atoms with Crippen molar-refractivity contribution in [3.63, 3.8) is 0 Å². The fraction of sp³-hybridized carbons (Fsp3) is 0.250. The van der Waals surface area contributed by atoms with E-state index >= 15 is 0 Å². The van der Waals surface area contributed by atoms with E-state index in [0.29, 0.717) is 37.5 Å². The number of ether oxygens (including phenoxy) is 1. The number of rotatable bonds is 4. The number of carboxylic acid groups (broad SMARTS) is 1. The third-order valence-corrected chi connectivity index (χ3v) is 6.51. The molecule has 0 saturated carbocycles. The number of carbonyl (C=O) groups is 1. The van der Waals surface area contributed by atoms with Crippen LogP contribution in [0.2, 0.25) is 5.02 Å². The summed E-state index contributed by atoms with van der Waals surface area (Å²) < 4.78 is 45.2. The highest BCUT2D eigenvalue weighted by molar-refractivity contribution is 7.90. The van der Waals surface area contributed by atoms with Gasteiger partial charge in [0.25, 0.3) is 0 Å². The lowest BCUT2D eigenvalue weighted by molar-refractivity contribution is 0.0688. The lowest BCUT2D eigenvalue weighted by atomic mass is 10.2. The molecule has 1 N–H and O–H groups in total. The van der Waals surface area contributed by atoms with Crippen molar-refractivity contribution in [3.8, 4) is 5.69 Å². The van der Waals surface area contributed by atoms with Gasteiger partial charge in [0, 0.05) is 30.4 Å². The van der Waals surface area contributed by atoms with E-state index in [0.717, 1.165) is 12.3 Å². The normalized spacial score (nSPS) is 15.0. The number of nitrogens with zero attached hydrogens (tertiary/aromatic N) is 2. The smallest absolute Gasteiger partial charge is 0.355 e. The first-order valence-electron chi connectivity index (χ1n) is 9.09. The van der Waals surface area contributed by atoms with Gasteiger partial charge in [0.2, 0.25) is 0 Å². The zero-order chi connectivity index (χ0) is 21.6. The maximum atomic E-state index is 14.3. The fourth-order valence-corrected chi connectivity index (χ4v) is 4.62. The number of hydrogen-bond donors (Lipinski definition) is 1. The second-order valence-corrected chi connectivity index (χ2v) is 9.36. The van der Waals surface area contributed by atoms with Crippen molar-refractivity contribution >= 4 is 44.0 Å². The topological polar surface area (TPSA) is 88.8 Å². The molecule has 4 rings (SSSR count). The molecule has 30 heavy (non-hydrogen) atoms. The van der Waals surface area contributed by atoms with Crippen LogP contribution in [0.15, 0.2) is 41.3 Å². The molecule has 0 bridgehead atoms. The highest BCUT2D eigenvalue weighted by atomic mass is 35.5. The second-order valence-electron chi connectivity index (χ2n) is 6.96. The molecule has 2 heterocycles. The van der Waals surface area contributed by atoms with Crippen LogP contribution in [0.3, 0.4) is 0 Å². The number of aromatic nitrogens is 1. The number of hydrogen-bond acceptors (Lipinski definition) is 5. The van der Waals surface area contributed by atoms with Crippen molar-refractivity contribution in [1.82, 2.24) is 4.57 Å². The van der Waals surface area contributed by atoms with Crippen LogP contribution in [-0.2, 0) is 14.6 Å². The Morgan fingerprint density at radius 2 is 1.90 bits per heavy atom. The van der Waals surface area contributed by atoms with Gasteiger partial charge in [-0.2, -0.15) is 0 Å². The number of carboxylic acids is 1. The van der Waals surface area contributed by atoms with Crippen molar-refractivity contribution in [2.24, 2.45) is 0 Å². The Labute approximate surface area is 177 Å². The molecule has 0 spiro atoms. The monoisotopic (exact) mass is 452 g/mol. The van der Waals surface area contributed by atoms with Crippen LogP contribution in [0.25, 0.3) is 16.6 Å². The average Bonchev–Trinajstić information content (AvgIpc) is 3.07. The molecular weight excluding hydrogens is 435 g/mol. The maximum absolute atomic E-state index is 14.3. The van der Waals surface area contributed by atoms with Gasteiger partial charge in [-0.1, -0.05) is 17.7 Å². The van der Waals surface area contributed by atoms with Crippen molar-refractivity contribution in [3.05, 3.63) is 52.9 Å². The number of morpholine rings is 1. The standard InChI is InChI=1S/C20H18ClFN2O5S/c1-30(27,28)13-4-2-3-12(11-13)24-15-6-5-14(22)17(21)16(15)18(19(24)20(25)26)23-7-9-29-10-8-23/h2-6,11H,7-10H2,1H3,(H,25,26). The van der Waals surface area contributed by atoms with E-state index in [-0.39, 0.29) is 26.7 Å². The molecule has 1 aliphatic rings. The van der Waals surface area contributed by atoms with Crippen LogP contribution in [-0.4, -0.2) is 56.6 Å². The molecule has 0 radical (unpaired) electrons. The van der Waals surface area contributed by atoms with E-state index in [1.165, 1.54) is 28.8 Å². The zero-order valence-corrected chi connectivity index (χ0v) is 17.5. The molecule has 3 aromatic rings. The van der Waals surface area contributed by atoms with Gasteiger partial charge in [0.05, 0.1) is 34.3 Å². The average molecular weight is 453 g/mol. The third kappa shape index (κ3) is 3.42. The van der Waals surface area contributed by atoms with Crippen LogP contribution in [0, 0.1) is 5.82 Å². The van der Waals surface area contributed by atoms with Crippen LogP contribution >= 0.6 is 11.6 Å². The van der Waals surface area contributed by atoms with Crippen LogP contribution < -0.4 is 4.90 Å². The molecule has 0 unspecified atom stereocenters. The SMILES string of the molecule is CS(=O)(=O)c1cccc(-n2c(C(=O)O)c(N3CCOCC3)c3c(Cl)c(F)ccc32)c1. The van der Waals surface area contributed by atoms with E-state index in [1.54, 1.807) is 11.0 Å². The summed E-state index contributed by atoms with van der Waals surface area (Å²) in [5.74, 6) is -1.91. The molecule has 0 atom stereocenters. The summed E-state index contributed by atoms with van der Waals surface area (Å²) in [5.41, 5.74) is 0.855. The van der Waals surface area contributed by atoms with Gasteiger partial charge in [0.15, 0.2) is 15.5 Å². The van der Waals surface area contributed by atoms with E-state index < -0.39 is 21.6 Å². The summed E-state index contributed by atoms with van der Waals surface area (Å²) in [5, 5.41) is 10.2. The molecule has 1 fully saturated rings. The van der Waals surface area contributed by atoms with E-state index in [1.807, 2.05) is 0 Å². The number of benzene rings is 2. The Morgan fingerprint density at radius 3 is 2.53 bits per heavy atom. The molecule has 0 amide bonds. The Bertz CT molecular complexity index is 1270. The van der Waals surface area contributed by atoms with Gasteiger partial charge in [-0.05, 0) is 30.3 Å². The van der Waals surface area contributed by atoms with Crippen molar-refractivity contribution in [2.45, 2.75) is 4.90 Å². The summed E-state index contributed by atoms with van der Waals surface area (Å²) in [4.78, 5) is 14.2. The largest absolute Gasteiger partial charge is 0.476 e. The zero-order valence-electron chi connectivity index (χ0n) is 15.9. The molecule has 7 nitrogen and oxygen atoms in total. The molecule has 1 aromatic heterocycles. The van der Waals surface area contributed by atoms with Gasteiger partial charge in [0.1, 0.15) is 5.82 Å². The number of aromatic carboxylic acids is 1. The summed E-state index contributed by atoms with van der Waals surface area (Å²) in [6.07, 6.45) is 1.07. The quantitative estimate of drug-likeness (QED) is 0.653.